The summed E-state index contributed by atoms with van der Waals surface area (Å²) >= 11 is 3.37. The molecule has 2 nitrogen and oxygen atoms in total. The Balaban J connectivity index is 2.37. The molecule has 0 spiro atoms. The van der Waals surface area contributed by atoms with E-state index in [2.05, 4.69) is 6.92 Å². The van der Waals surface area contributed by atoms with Crippen molar-refractivity contribution in [3.63, 3.8) is 0 Å². The fraction of sp³-hybridized carbons (Fsp3) is 0.308. The van der Waals surface area contributed by atoms with E-state index in [4.69, 9.17) is 0 Å². The van der Waals surface area contributed by atoms with Crippen LogP contribution in [0.25, 0.3) is 5.57 Å². The van der Waals surface area contributed by atoms with E-state index in [0.717, 1.165) is 22.0 Å². The maximum atomic E-state index is 11.4. The van der Waals surface area contributed by atoms with Crippen molar-refractivity contribution in [3.8, 4) is 0 Å². The van der Waals surface area contributed by atoms with Crippen LogP contribution in [0.15, 0.2) is 34.6 Å². The Labute approximate surface area is 109 Å². The summed E-state index contributed by atoms with van der Waals surface area (Å²) in [6, 6.07) is 9.37. The van der Waals surface area contributed by atoms with Gasteiger partial charge in [-0.3, -0.25) is 0 Å². The van der Waals surface area contributed by atoms with Crippen molar-refractivity contribution in [2.75, 3.05) is 5.75 Å². The fourth-order valence-corrected chi connectivity index (χ4v) is 4.73. The molecule has 0 aromatic heterocycles. The van der Waals surface area contributed by atoms with Gasteiger partial charge in [-0.1, -0.05) is 37.3 Å². The highest BCUT2D eigenvalue weighted by atomic mass is 32.2. The summed E-state index contributed by atoms with van der Waals surface area (Å²) in [5.74, 6) is 0.183. The lowest BCUT2D eigenvalue weighted by Crippen LogP contribution is -2.01. The van der Waals surface area contributed by atoms with Crippen LogP contribution in [0.1, 0.15) is 18.9 Å². The molecular weight excluding hydrogens is 252 g/mol. The van der Waals surface area contributed by atoms with Crippen molar-refractivity contribution >= 4 is 35.1 Å². The summed E-state index contributed by atoms with van der Waals surface area (Å²) in [6.45, 7) is 2.14. The minimum atomic E-state index is -0.831. The molecule has 1 aliphatic rings. The van der Waals surface area contributed by atoms with Crippen molar-refractivity contribution in [1.29, 1.82) is 0 Å². The third-order valence-electron chi connectivity index (χ3n) is 2.61. The normalized spacial score (nSPS) is 22.5. The van der Waals surface area contributed by atoms with Crippen molar-refractivity contribution in [2.24, 2.45) is 0 Å². The minimum absolute atomic E-state index is 0.455. The second-order valence-corrected chi connectivity index (χ2v) is 6.39. The number of carboxylic acids is 1. The predicted molar refractivity (Wildman–Crippen MR) is 75.1 cm³/mol. The molecule has 0 saturated carbocycles. The summed E-state index contributed by atoms with van der Waals surface area (Å²) in [5.41, 5.74) is 1.25. The first-order valence-electron chi connectivity index (χ1n) is 5.54. The van der Waals surface area contributed by atoms with E-state index >= 15 is 0 Å². The van der Waals surface area contributed by atoms with E-state index in [1.807, 2.05) is 30.3 Å². The lowest BCUT2D eigenvalue weighted by atomic mass is 10.1. The highest BCUT2D eigenvalue weighted by Crippen LogP contribution is 2.46. The maximum Gasteiger partial charge on any atom is 0.337 e. The van der Waals surface area contributed by atoms with E-state index in [-0.39, 0.29) is 0 Å². The first-order valence-corrected chi connectivity index (χ1v) is 7.41. The highest BCUT2D eigenvalue weighted by Gasteiger charge is 2.26. The smallest absolute Gasteiger partial charge is 0.337 e. The third-order valence-corrected chi connectivity index (χ3v) is 5.75. The third kappa shape index (κ3) is 2.87. The second kappa shape index (κ2) is 5.65. The molecule has 1 aromatic carbocycles. The van der Waals surface area contributed by atoms with Crippen LogP contribution in [0.5, 0.6) is 0 Å². The average Bonchev–Trinajstić information content (AvgIpc) is 2.79. The molecule has 1 aromatic rings. The van der Waals surface area contributed by atoms with Crippen molar-refractivity contribution < 1.29 is 9.90 Å². The first-order chi connectivity index (χ1) is 8.22. The molecule has 1 N–H and O–H groups in total. The maximum absolute atomic E-state index is 11.4. The number of rotatable bonds is 3. The molecule has 1 unspecified atom stereocenters. The molecule has 0 amide bonds. The standard InChI is InChI=1S/C13H14O2S2/c1-2-10-8-16-13(17-10)11(12(14)15)9-6-4-3-5-7-9/h3-7,10H,2,8H2,1H3,(H,14,15)/b13-11+. The molecule has 1 atom stereocenters. The Bertz CT molecular complexity index is 440. The Hall–Kier alpha value is -0.870. The molecule has 90 valence electrons. The molecular formula is C13H14O2S2. The monoisotopic (exact) mass is 266 g/mol. The van der Waals surface area contributed by atoms with E-state index in [1.54, 1.807) is 23.5 Å². The van der Waals surface area contributed by atoms with Gasteiger partial charge in [0.15, 0.2) is 0 Å². The van der Waals surface area contributed by atoms with Crippen LogP contribution in [0, 0.1) is 0 Å². The molecule has 0 aliphatic carbocycles. The molecule has 0 bridgehead atoms. The SMILES string of the molecule is CCC1CS/C(=C(\C(=O)O)c2ccccc2)S1. The minimum Gasteiger partial charge on any atom is -0.478 e. The fourth-order valence-electron chi connectivity index (χ4n) is 1.65. The van der Waals surface area contributed by atoms with Crippen LogP contribution in [0.4, 0.5) is 0 Å². The molecule has 4 heteroatoms. The van der Waals surface area contributed by atoms with Gasteiger partial charge in [0.25, 0.3) is 0 Å². The number of hydrogen-bond donors (Lipinski definition) is 1. The molecule has 1 aliphatic heterocycles. The summed E-state index contributed by atoms with van der Waals surface area (Å²) < 4.78 is 0.954. The van der Waals surface area contributed by atoms with E-state index in [9.17, 15) is 9.90 Å². The summed E-state index contributed by atoms with van der Waals surface area (Å²) in [4.78, 5) is 11.4. The molecule has 17 heavy (non-hydrogen) atoms. The Morgan fingerprint density at radius 2 is 2.12 bits per heavy atom. The van der Waals surface area contributed by atoms with Gasteiger partial charge in [0.1, 0.15) is 0 Å². The van der Waals surface area contributed by atoms with E-state index < -0.39 is 5.97 Å². The Kier molecular flexibility index (Phi) is 4.18. The number of aliphatic carboxylic acids is 1. The van der Waals surface area contributed by atoms with Gasteiger partial charge in [-0.25, -0.2) is 4.79 Å². The number of carboxylic acid groups (broad SMARTS) is 1. The van der Waals surface area contributed by atoms with Crippen molar-refractivity contribution in [3.05, 3.63) is 40.1 Å². The summed E-state index contributed by atoms with van der Waals surface area (Å²) in [6.07, 6.45) is 1.09. The number of hydrogen-bond acceptors (Lipinski definition) is 3. The van der Waals surface area contributed by atoms with Crippen LogP contribution in [-0.2, 0) is 4.79 Å². The van der Waals surface area contributed by atoms with E-state index in [1.165, 1.54) is 0 Å². The molecule has 1 saturated heterocycles. The summed E-state index contributed by atoms with van der Waals surface area (Å²) in [5, 5.41) is 9.91. The number of carbonyl (C=O) groups is 1. The lowest BCUT2D eigenvalue weighted by molar-refractivity contribution is -0.130. The second-order valence-electron chi connectivity index (χ2n) is 3.79. The zero-order valence-electron chi connectivity index (χ0n) is 9.55. The van der Waals surface area contributed by atoms with Crippen molar-refractivity contribution in [2.45, 2.75) is 18.6 Å². The number of benzene rings is 1. The van der Waals surface area contributed by atoms with Gasteiger partial charge in [-0.05, 0) is 12.0 Å². The van der Waals surface area contributed by atoms with Crippen LogP contribution >= 0.6 is 23.5 Å². The lowest BCUT2D eigenvalue weighted by Gasteiger charge is -2.06. The van der Waals surface area contributed by atoms with Gasteiger partial charge in [0.2, 0.25) is 0 Å². The van der Waals surface area contributed by atoms with Crippen molar-refractivity contribution in [1.82, 2.24) is 0 Å². The zero-order valence-corrected chi connectivity index (χ0v) is 11.2. The topological polar surface area (TPSA) is 37.3 Å². The predicted octanol–water partition coefficient (Wildman–Crippen LogP) is 3.70. The van der Waals surface area contributed by atoms with Gasteiger partial charge in [0.05, 0.1) is 9.81 Å². The van der Waals surface area contributed by atoms with E-state index in [0.29, 0.717) is 10.8 Å². The number of thioether (sulfide) groups is 2. The average molecular weight is 266 g/mol. The first kappa shape index (κ1) is 12.6. The summed E-state index contributed by atoms with van der Waals surface area (Å²) in [7, 11) is 0. The Morgan fingerprint density at radius 3 is 2.65 bits per heavy atom. The van der Waals surface area contributed by atoms with Crippen LogP contribution in [-0.4, -0.2) is 22.1 Å². The van der Waals surface area contributed by atoms with Gasteiger partial charge < -0.3 is 5.11 Å². The zero-order chi connectivity index (χ0) is 12.3. The van der Waals surface area contributed by atoms with Crippen LogP contribution < -0.4 is 0 Å². The quantitative estimate of drug-likeness (QED) is 0.846. The van der Waals surface area contributed by atoms with Crippen LogP contribution in [0.2, 0.25) is 0 Å². The van der Waals surface area contributed by atoms with Gasteiger partial charge >= 0.3 is 5.97 Å². The molecule has 1 heterocycles. The molecule has 1 fully saturated rings. The van der Waals surface area contributed by atoms with Gasteiger partial charge in [0, 0.05) is 11.0 Å². The van der Waals surface area contributed by atoms with Crippen LogP contribution in [0.3, 0.4) is 0 Å². The highest BCUT2D eigenvalue weighted by molar-refractivity contribution is 8.25. The Morgan fingerprint density at radius 1 is 1.41 bits per heavy atom. The molecule has 2 rings (SSSR count). The van der Waals surface area contributed by atoms with Gasteiger partial charge in [-0.15, -0.1) is 23.5 Å². The molecule has 0 radical (unpaired) electrons. The largest absolute Gasteiger partial charge is 0.478 e. The van der Waals surface area contributed by atoms with Gasteiger partial charge in [-0.2, -0.15) is 0 Å².